The number of ketones is 1. The molecule has 1 saturated heterocycles. The average molecular weight is 772 g/mol. The normalized spacial score (nSPS) is 37.2. The molecule has 3 aliphatic rings. The van der Waals surface area contributed by atoms with Crippen molar-refractivity contribution < 1.29 is 53.8 Å². The summed E-state index contributed by atoms with van der Waals surface area (Å²) in [6.45, 7) is 18.8. The second kappa shape index (κ2) is 20.0. The summed E-state index contributed by atoms with van der Waals surface area (Å²) < 4.78 is 18.1. The summed E-state index contributed by atoms with van der Waals surface area (Å²) in [5.41, 5.74) is 1.00. The minimum atomic E-state index is -1.94. The third kappa shape index (κ3) is 12.2. The molecule has 12 heteroatoms. The second-order valence-corrected chi connectivity index (χ2v) is 16.5. The van der Waals surface area contributed by atoms with Crippen molar-refractivity contribution in [2.45, 2.75) is 144 Å². The molecule has 55 heavy (non-hydrogen) atoms. The van der Waals surface area contributed by atoms with Crippen LogP contribution in [0.3, 0.4) is 0 Å². The minimum absolute atomic E-state index is 0.0741. The van der Waals surface area contributed by atoms with Crippen LogP contribution in [-0.4, -0.2) is 80.4 Å². The third-order valence-corrected chi connectivity index (χ3v) is 11.7. The number of nitrogens with one attached hydrogen (secondary N) is 1. The molecule has 0 aromatic heterocycles. The molecule has 12 nitrogen and oxygen atoms in total. The summed E-state index contributed by atoms with van der Waals surface area (Å²) in [7, 11) is 0. The van der Waals surface area contributed by atoms with E-state index >= 15 is 0 Å². The Kier molecular flexibility index (Phi) is 16.7. The molecule has 1 amide bonds. The Morgan fingerprint density at radius 1 is 1.07 bits per heavy atom. The van der Waals surface area contributed by atoms with Crippen LogP contribution in [0, 0.1) is 41.4 Å². The molecule has 13 unspecified atom stereocenters. The van der Waals surface area contributed by atoms with Crippen molar-refractivity contribution in [3.05, 3.63) is 59.1 Å². The Balaban J connectivity index is 1.83. The highest BCUT2D eigenvalue weighted by molar-refractivity contribution is 6.04. The van der Waals surface area contributed by atoms with Gasteiger partial charge in [-0.05, 0) is 51.0 Å². The molecule has 1 aliphatic carbocycles. The van der Waals surface area contributed by atoms with Gasteiger partial charge in [0.25, 0.3) is 0 Å². The standard InChI is InChI=1S/C43H65NO11/c1-11-34-29(8)35(53-37(48)18-17-36(47)44-38-32(45)15-16-33(38)46)22-43(52,55-34)31(10)40(50)30(9)41-25(4)14-12-13-23(2)19-26(5)39(49)27(6)20-24(3)21-28(7)42(51)54-41/h12,14,17-18,20-21,23,25-27,29-31,34-35,39-41,45,49-50,52H,11,13,15-16,19,22H2,1-10H3,(H,44,47)/b14-12+,18-17+,24-20+,28-21+. The number of amides is 1. The van der Waals surface area contributed by atoms with Crippen LogP contribution in [0.4, 0.5) is 0 Å². The van der Waals surface area contributed by atoms with Gasteiger partial charge < -0.3 is 40.0 Å². The number of rotatable bonds is 9. The number of cyclic esters (lactones) is 1. The Labute approximate surface area is 326 Å². The van der Waals surface area contributed by atoms with E-state index in [1.165, 1.54) is 0 Å². The fraction of sp³-hybridized carbons (Fsp3) is 0.674. The summed E-state index contributed by atoms with van der Waals surface area (Å²) >= 11 is 0. The molecule has 1 fully saturated rings. The van der Waals surface area contributed by atoms with Gasteiger partial charge in [-0.25, -0.2) is 9.59 Å². The van der Waals surface area contributed by atoms with E-state index in [0.29, 0.717) is 17.9 Å². The molecule has 3 rings (SSSR count). The van der Waals surface area contributed by atoms with Crippen LogP contribution in [-0.2, 0) is 33.4 Å². The molecule has 0 aromatic carbocycles. The number of ether oxygens (including phenoxy) is 3. The van der Waals surface area contributed by atoms with Gasteiger partial charge in [-0.1, -0.05) is 79.2 Å². The Bertz CT molecular complexity index is 1540. The molecule has 0 spiro atoms. The highest BCUT2D eigenvalue weighted by Gasteiger charge is 2.52. The van der Waals surface area contributed by atoms with E-state index in [-0.39, 0.29) is 54.4 Å². The molecule has 0 saturated carbocycles. The number of esters is 2. The van der Waals surface area contributed by atoms with Crippen molar-refractivity contribution >= 4 is 23.6 Å². The maximum atomic E-state index is 13.5. The number of Topliss-reactive ketones (excluding diaryl/α,β-unsaturated/α-hetero) is 1. The molecule has 5 N–H and O–H groups in total. The zero-order chi connectivity index (χ0) is 41.4. The fourth-order valence-corrected chi connectivity index (χ4v) is 8.12. The number of carbonyl (C=O) groups excluding carboxylic acids is 4. The molecule has 13 atom stereocenters. The van der Waals surface area contributed by atoms with Gasteiger partial charge in [0, 0.05) is 66.6 Å². The lowest BCUT2D eigenvalue weighted by atomic mass is 9.76. The van der Waals surface area contributed by atoms with Crippen LogP contribution in [0.5, 0.6) is 0 Å². The Morgan fingerprint density at radius 3 is 2.36 bits per heavy atom. The van der Waals surface area contributed by atoms with E-state index < -0.39 is 71.8 Å². The number of carbonyl (C=O) groups is 4. The monoisotopic (exact) mass is 771 g/mol. The number of hydrogen-bond donors (Lipinski definition) is 5. The van der Waals surface area contributed by atoms with Crippen molar-refractivity contribution in [1.82, 2.24) is 5.32 Å². The van der Waals surface area contributed by atoms with Gasteiger partial charge in [0.2, 0.25) is 5.91 Å². The largest absolute Gasteiger partial charge is 0.510 e. The molecular formula is C43H65NO11. The van der Waals surface area contributed by atoms with E-state index in [1.807, 2.05) is 46.8 Å². The summed E-state index contributed by atoms with van der Waals surface area (Å²) in [5.74, 6) is -6.76. The Morgan fingerprint density at radius 2 is 1.75 bits per heavy atom. The highest BCUT2D eigenvalue weighted by atomic mass is 16.6. The lowest BCUT2D eigenvalue weighted by Gasteiger charge is -2.49. The molecule has 2 heterocycles. The first-order valence-electron chi connectivity index (χ1n) is 19.8. The van der Waals surface area contributed by atoms with E-state index in [1.54, 1.807) is 26.8 Å². The van der Waals surface area contributed by atoms with Gasteiger partial charge in [0.15, 0.2) is 11.6 Å². The quantitative estimate of drug-likeness (QED) is 0.106. The maximum Gasteiger partial charge on any atom is 0.334 e. The van der Waals surface area contributed by atoms with E-state index in [9.17, 15) is 39.6 Å². The number of allylic oxidation sites excluding steroid dienone is 5. The predicted molar refractivity (Wildman–Crippen MR) is 208 cm³/mol. The molecule has 308 valence electrons. The predicted octanol–water partition coefficient (Wildman–Crippen LogP) is 5.92. The molecule has 0 radical (unpaired) electrons. The van der Waals surface area contributed by atoms with Gasteiger partial charge >= 0.3 is 11.9 Å². The maximum absolute atomic E-state index is 13.5. The van der Waals surface area contributed by atoms with Gasteiger partial charge in [-0.15, -0.1) is 0 Å². The summed E-state index contributed by atoms with van der Waals surface area (Å²) in [6.07, 6.45) is 7.72. The zero-order valence-corrected chi connectivity index (χ0v) is 34.3. The number of hydrogen-bond acceptors (Lipinski definition) is 11. The first kappa shape index (κ1) is 45.8. The summed E-state index contributed by atoms with van der Waals surface area (Å²) in [6, 6.07) is 0. The van der Waals surface area contributed by atoms with Crippen LogP contribution in [0.1, 0.15) is 108 Å². The first-order chi connectivity index (χ1) is 25.7. The van der Waals surface area contributed by atoms with Crippen molar-refractivity contribution in [1.29, 1.82) is 0 Å². The molecule has 0 aromatic rings. The molecular weight excluding hydrogens is 706 g/mol. The average Bonchev–Trinajstić information content (AvgIpc) is 3.44. The van der Waals surface area contributed by atoms with Gasteiger partial charge in [-0.3, -0.25) is 9.59 Å². The number of aliphatic hydroxyl groups is 4. The summed E-state index contributed by atoms with van der Waals surface area (Å²) in [4.78, 5) is 50.7. The molecule has 0 bridgehead atoms. The summed E-state index contributed by atoms with van der Waals surface area (Å²) in [5, 5.41) is 47.1. The van der Waals surface area contributed by atoms with Crippen LogP contribution >= 0.6 is 0 Å². The van der Waals surface area contributed by atoms with Crippen LogP contribution in [0.2, 0.25) is 0 Å². The van der Waals surface area contributed by atoms with Crippen molar-refractivity contribution in [3.63, 3.8) is 0 Å². The first-order valence-corrected chi connectivity index (χ1v) is 19.8. The van der Waals surface area contributed by atoms with Gasteiger partial charge in [-0.2, -0.15) is 0 Å². The third-order valence-electron chi connectivity index (χ3n) is 11.7. The van der Waals surface area contributed by atoms with Gasteiger partial charge in [0.1, 0.15) is 23.7 Å². The van der Waals surface area contributed by atoms with E-state index in [2.05, 4.69) is 25.2 Å². The van der Waals surface area contributed by atoms with Crippen molar-refractivity contribution in [2.75, 3.05) is 0 Å². The lowest BCUT2D eigenvalue weighted by molar-refractivity contribution is -0.323. The fourth-order valence-electron chi connectivity index (χ4n) is 8.12. The lowest BCUT2D eigenvalue weighted by Crippen LogP contribution is -2.58. The van der Waals surface area contributed by atoms with Gasteiger partial charge in [0.05, 0.1) is 18.3 Å². The van der Waals surface area contributed by atoms with E-state index in [4.69, 9.17) is 14.2 Å². The minimum Gasteiger partial charge on any atom is -0.510 e. The van der Waals surface area contributed by atoms with Crippen LogP contribution in [0.25, 0.3) is 0 Å². The topological polar surface area (TPSA) is 189 Å². The van der Waals surface area contributed by atoms with Crippen molar-refractivity contribution in [2.24, 2.45) is 41.4 Å². The van der Waals surface area contributed by atoms with Crippen LogP contribution in [0.15, 0.2) is 59.1 Å². The SMILES string of the molecule is CCC1OC(O)(C(C)C(O)C(C)C2OC(=O)/C(C)=C/C(C)=C/C(C)C(O)C(C)CC(C)C/C=C/C2C)CC(OC(=O)/C=C/C(=O)NC2=C(O)CCC2=O)C1C. The van der Waals surface area contributed by atoms with Crippen molar-refractivity contribution in [3.8, 4) is 0 Å². The van der Waals surface area contributed by atoms with E-state index in [0.717, 1.165) is 30.6 Å². The highest BCUT2D eigenvalue weighted by Crippen LogP contribution is 2.42. The smallest absolute Gasteiger partial charge is 0.334 e. The zero-order valence-electron chi connectivity index (χ0n) is 34.3. The van der Waals surface area contributed by atoms with Crippen LogP contribution < -0.4 is 5.32 Å². The Hall–Kier alpha value is -3.58. The molecule has 2 aliphatic heterocycles. The number of aliphatic hydroxyl groups excluding tert-OH is 3. The second-order valence-electron chi connectivity index (χ2n) is 16.5.